The lowest BCUT2D eigenvalue weighted by molar-refractivity contribution is -0.117. The van der Waals surface area contributed by atoms with E-state index >= 15 is 0 Å². The van der Waals surface area contributed by atoms with Gasteiger partial charge in [0.25, 0.3) is 0 Å². The highest BCUT2D eigenvalue weighted by molar-refractivity contribution is 5.75. The summed E-state index contributed by atoms with van der Waals surface area (Å²) in [4.78, 5) is 12.7. The third kappa shape index (κ3) is 25.0. The van der Waals surface area contributed by atoms with Gasteiger partial charge in [0.1, 0.15) is 5.78 Å². The molecule has 1 rings (SSSR count). The molecule has 2 nitrogen and oxygen atoms in total. The SMILES string of the molecule is CC(=O)CCCCCN(C)C.CC1CCCCC1.CCC. The van der Waals surface area contributed by atoms with Gasteiger partial charge in [-0.2, -0.15) is 0 Å². The number of hydrogen-bond acceptors (Lipinski definition) is 2. The molecule has 2 heteroatoms. The van der Waals surface area contributed by atoms with Crippen molar-refractivity contribution in [2.75, 3.05) is 20.6 Å². The Bertz CT molecular complexity index is 208. The van der Waals surface area contributed by atoms with Crippen molar-refractivity contribution >= 4 is 5.78 Å². The largest absolute Gasteiger partial charge is 0.309 e. The van der Waals surface area contributed by atoms with E-state index in [0.29, 0.717) is 5.78 Å². The maximum Gasteiger partial charge on any atom is 0.129 e. The highest BCUT2D eigenvalue weighted by Gasteiger charge is 2.05. The number of nitrogens with zero attached hydrogens (tertiary/aromatic N) is 1. The first-order chi connectivity index (χ1) is 9.93. The highest BCUT2D eigenvalue weighted by atomic mass is 16.1. The minimum atomic E-state index is 0.315. The second kappa shape index (κ2) is 17.7. The summed E-state index contributed by atoms with van der Waals surface area (Å²) in [5.41, 5.74) is 0. The smallest absolute Gasteiger partial charge is 0.129 e. The second-order valence-electron chi connectivity index (χ2n) is 6.77. The number of Topliss-reactive ketones (excluding diaryl/α,β-unsaturated/α-hetero) is 1. The lowest BCUT2D eigenvalue weighted by Gasteiger charge is -2.15. The summed E-state index contributed by atoms with van der Waals surface area (Å²) in [6.07, 6.45) is 12.9. The summed E-state index contributed by atoms with van der Waals surface area (Å²) in [5.74, 6) is 1.35. The van der Waals surface area contributed by atoms with Gasteiger partial charge in [-0.05, 0) is 46.3 Å². The number of carbonyl (C=O) groups excluding carboxylic acids is 1. The number of carbonyl (C=O) groups is 1. The summed E-state index contributed by atoms with van der Waals surface area (Å²) in [6.45, 7) is 9.41. The van der Waals surface area contributed by atoms with E-state index in [0.717, 1.165) is 25.3 Å². The van der Waals surface area contributed by atoms with Crippen LogP contribution in [-0.2, 0) is 4.79 Å². The lowest BCUT2D eigenvalue weighted by atomic mass is 9.91. The van der Waals surface area contributed by atoms with Gasteiger partial charge in [0.05, 0.1) is 0 Å². The molecular formula is C19H41NO. The summed E-state index contributed by atoms with van der Waals surface area (Å²) < 4.78 is 0. The Kier molecular flexibility index (Phi) is 19.3. The van der Waals surface area contributed by atoms with Crippen LogP contribution < -0.4 is 0 Å². The van der Waals surface area contributed by atoms with E-state index in [9.17, 15) is 4.79 Å². The van der Waals surface area contributed by atoms with Crippen molar-refractivity contribution in [3.63, 3.8) is 0 Å². The minimum Gasteiger partial charge on any atom is -0.309 e. The predicted molar refractivity (Wildman–Crippen MR) is 95.9 cm³/mol. The van der Waals surface area contributed by atoms with Crippen molar-refractivity contribution in [3.8, 4) is 0 Å². The molecule has 1 aliphatic rings. The van der Waals surface area contributed by atoms with Gasteiger partial charge in [-0.1, -0.05) is 65.7 Å². The number of rotatable bonds is 6. The van der Waals surface area contributed by atoms with Crippen LogP contribution in [0.1, 0.15) is 91.9 Å². The minimum absolute atomic E-state index is 0.315. The molecule has 0 N–H and O–H groups in total. The van der Waals surface area contributed by atoms with Crippen LogP contribution in [0.2, 0.25) is 0 Å². The Labute approximate surface area is 134 Å². The molecule has 0 aromatic carbocycles. The molecular weight excluding hydrogens is 258 g/mol. The van der Waals surface area contributed by atoms with Crippen LogP contribution in [0.5, 0.6) is 0 Å². The van der Waals surface area contributed by atoms with Gasteiger partial charge in [-0.25, -0.2) is 0 Å². The van der Waals surface area contributed by atoms with Crippen LogP contribution in [-0.4, -0.2) is 31.3 Å². The molecule has 0 bridgehead atoms. The average molecular weight is 300 g/mol. The van der Waals surface area contributed by atoms with Crippen molar-refractivity contribution in [1.29, 1.82) is 0 Å². The lowest BCUT2D eigenvalue weighted by Crippen LogP contribution is -2.12. The summed E-state index contributed by atoms with van der Waals surface area (Å²) in [5, 5.41) is 0. The first-order valence-corrected chi connectivity index (χ1v) is 9.08. The van der Waals surface area contributed by atoms with E-state index in [4.69, 9.17) is 0 Å². The first-order valence-electron chi connectivity index (χ1n) is 9.08. The zero-order valence-electron chi connectivity index (χ0n) is 15.7. The zero-order chi connectivity index (χ0) is 16.5. The van der Waals surface area contributed by atoms with Crippen molar-refractivity contribution in [2.24, 2.45) is 5.92 Å². The van der Waals surface area contributed by atoms with Crippen LogP contribution in [0.4, 0.5) is 0 Å². The van der Waals surface area contributed by atoms with Gasteiger partial charge in [-0.15, -0.1) is 0 Å². The van der Waals surface area contributed by atoms with Crippen LogP contribution >= 0.6 is 0 Å². The molecule has 0 atom stereocenters. The first kappa shape index (κ1) is 22.9. The average Bonchev–Trinajstić information content (AvgIpc) is 2.40. The van der Waals surface area contributed by atoms with Crippen LogP contribution in [0.15, 0.2) is 0 Å². The van der Waals surface area contributed by atoms with Crippen LogP contribution in [0.3, 0.4) is 0 Å². The molecule has 1 aliphatic carbocycles. The molecule has 0 radical (unpaired) electrons. The molecule has 0 saturated heterocycles. The molecule has 21 heavy (non-hydrogen) atoms. The van der Waals surface area contributed by atoms with Gasteiger partial charge >= 0.3 is 0 Å². The summed E-state index contributed by atoms with van der Waals surface area (Å²) in [6, 6.07) is 0. The number of unbranched alkanes of at least 4 members (excludes halogenated alkanes) is 2. The molecule has 0 aromatic rings. The van der Waals surface area contributed by atoms with E-state index in [1.165, 1.54) is 51.4 Å². The molecule has 0 aromatic heterocycles. The maximum atomic E-state index is 10.5. The molecule has 0 aliphatic heterocycles. The molecule has 0 heterocycles. The monoisotopic (exact) mass is 299 g/mol. The Morgan fingerprint density at radius 3 is 1.86 bits per heavy atom. The third-order valence-electron chi connectivity index (χ3n) is 3.53. The van der Waals surface area contributed by atoms with E-state index in [1.54, 1.807) is 6.92 Å². The van der Waals surface area contributed by atoms with Crippen molar-refractivity contribution < 1.29 is 4.79 Å². The van der Waals surface area contributed by atoms with Crippen molar-refractivity contribution in [2.45, 2.75) is 91.9 Å². The van der Waals surface area contributed by atoms with E-state index in [-0.39, 0.29) is 0 Å². The number of hydrogen-bond donors (Lipinski definition) is 0. The second-order valence-corrected chi connectivity index (χ2v) is 6.77. The molecule has 1 fully saturated rings. The fourth-order valence-corrected chi connectivity index (χ4v) is 2.29. The van der Waals surface area contributed by atoms with Gasteiger partial charge in [0, 0.05) is 6.42 Å². The zero-order valence-corrected chi connectivity index (χ0v) is 15.7. The standard InChI is InChI=1S/C9H19NO.C7H14.C3H8/c1-9(11)7-5-4-6-8-10(2)3;1-7-5-3-2-4-6-7;1-3-2/h4-8H2,1-3H3;7H,2-6H2,1H3;3H2,1-2H3. The Morgan fingerprint density at radius 2 is 1.52 bits per heavy atom. The molecule has 0 unspecified atom stereocenters. The topological polar surface area (TPSA) is 20.3 Å². The maximum absolute atomic E-state index is 10.5. The Balaban J connectivity index is 0. The molecule has 128 valence electrons. The van der Waals surface area contributed by atoms with Gasteiger partial charge < -0.3 is 9.69 Å². The van der Waals surface area contributed by atoms with Crippen molar-refractivity contribution in [3.05, 3.63) is 0 Å². The molecule has 1 saturated carbocycles. The van der Waals surface area contributed by atoms with Crippen LogP contribution in [0.25, 0.3) is 0 Å². The van der Waals surface area contributed by atoms with Crippen LogP contribution in [0, 0.1) is 5.92 Å². The third-order valence-corrected chi connectivity index (χ3v) is 3.53. The fraction of sp³-hybridized carbons (Fsp3) is 0.947. The number of ketones is 1. The molecule has 0 spiro atoms. The predicted octanol–water partition coefficient (Wildman–Crippen LogP) is 5.70. The normalized spacial score (nSPS) is 14.8. The van der Waals surface area contributed by atoms with E-state index in [1.807, 2.05) is 0 Å². The summed E-state index contributed by atoms with van der Waals surface area (Å²) in [7, 11) is 4.15. The molecule has 0 amide bonds. The van der Waals surface area contributed by atoms with Gasteiger partial charge in [0.15, 0.2) is 0 Å². The van der Waals surface area contributed by atoms with Gasteiger partial charge in [-0.3, -0.25) is 0 Å². The highest BCUT2D eigenvalue weighted by Crippen LogP contribution is 2.22. The quantitative estimate of drug-likeness (QED) is 0.586. The fourth-order valence-electron chi connectivity index (χ4n) is 2.29. The van der Waals surface area contributed by atoms with E-state index < -0.39 is 0 Å². The van der Waals surface area contributed by atoms with Gasteiger partial charge in [0.2, 0.25) is 0 Å². The van der Waals surface area contributed by atoms with Crippen molar-refractivity contribution in [1.82, 2.24) is 4.90 Å². The van der Waals surface area contributed by atoms with E-state index in [2.05, 4.69) is 39.8 Å². The Morgan fingerprint density at radius 1 is 1.00 bits per heavy atom. The summed E-state index contributed by atoms with van der Waals surface area (Å²) >= 11 is 0. The Hall–Kier alpha value is -0.370.